The second kappa shape index (κ2) is 10.0. The lowest BCUT2D eigenvalue weighted by Gasteiger charge is -2.52. The van der Waals surface area contributed by atoms with Crippen LogP contribution >= 0.6 is 0 Å². The Kier molecular flexibility index (Phi) is 7.34. The number of aliphatic hydroxyl groups excluding tert-OH is 1. The molecule has 0 aromatic heterocycles. The van der Waals surface area contributed by atoms with Gasteiger partial charge in [0.2, 0.25) is 0 Å². The SMILES string of the molecule is CCCC[C@H]1[C@H]([C@@H]2CC[C@H](C(=O)/C=C/c3ccc(F)cc3)C2)CC=C2C[C@@H](O)CC[C@@]21C. The Labute approximate surface area is 193 Å². The van der Waals surface area contributed by atoms with Crippen LogP contribution in [0, 0.1) is 34.9 Å². The third kappa shape index (κ3) is 4.93. The van der Waals surface area contributed by atoms with Crippen molar-refractivity contribution in [1.29, 1.82) is 0 Å². The molecule has 0 heterocycles. The number of ketones is 1. The van der Waals surface area contributed by atoms with Crippen molar-refractivity contribution in [3.05, 3.63) is 53.4 Å². The average molecular weight is 439 g/mol. The maximum Gasteiger partial charge on any atom is 0.158 e. The van der Waals surface area contributed by atoms with Crippen molar-refractivity contribution in [1.82, 2.24) is 0 Å². The molecule has 1 aromatic carbocycles. The van der Waals surface area contributed by atoms with Gasteiger partial charge in [0.15, 0.2) is 5.78 Å². The van der Waals surface area contributed by atoms with Crippen LogP contribution in [0.1, 0.15) is 83.6 Å². The maximum atomic E-state index is 13.1. The van der Waals surface area contributed by atoms with Crippen molar-refractivity contribution >= 4 is 11.9 Å². The summed E-state index contributed by atoms with van der Waals surface area (Å²) in [7, 11) is 0. The molecular formula is C29H39FO2. The van der Waals surface area contributed by atoms with Crippen molar-refractivity contribution in [2.24, 2.45) is 29.1 Å². The van der Waals surface area contributed by atoms with E-state index in [1.807, 2.05) is 6.08 Å². The molecule has 3 aliphatic rings. The van der Waals surface area contributed by atoms with Crippen LogP contribution < -0.4 is 0 Å². The third-order valence-electron chi connectivity index (χ3n) is 8.82. The number of unbranched alkanes of at least 4 members (excludes halogenated alkanes) is 1. The number of benzene rings is 1. The highest BCUT2D eigenvalue weighted by atomic mass is 19.1. The number of allylic oxidation sites excluding steroid dienone is 2. The molecule has 0 aliphatic heterocycles. The molecule has 4 rings (SSSR count). The van der Waals surface area contributed by atoms with E-state index >= 15 is 0 Å². The van der Waals surface area contributed by atoms with Crippen LogP contribution in [0.4, 0.5) is 4.39 Å². The molecule has 0 radical (unpaired) electrons. The normalized spacial score (nSPS) is 35.0. The van der Waals surface area contributed by atoms with Gasteiger partial charge in [-0.05, 0) is 98.3 Å². The summed E-state index contributed by atoms with van der Waals surface area (Å²) < 4.78 is 13.1. The van der Waals surface area contributed by atoms with Crippen LogP contribution in [0.2, 0.25) is 0 Å². The number of halogens is 1. The van der Waals surface area contributed by atoms with Gasteiger partial charge >= 0.3 is 0 Å². The zero-order valence-corrected chi connectivity index (χ0v) is 19.7. The van der Waals surface area contributed by atoms with Crippen molar-refractivity contribution < 1.29 is 14.3 Å². The lowest BCUT2D eigenvalue weighted by Crippen LogP contribution is -2.44. The van der Waals surface area contributed by atoms with Gasteiger partial charge in [-0.1, -0.05) is 56.5 Å². The van der Waals surface area contributed by atoms with E-state index in [2.05, 4.69) is 19.9 Å². The fourth-order valence-corrected chi connectivity index (χ4v) is 6.90. The molecule has 2 fully saturated rings. The first-order valence-electron chi connectivity index (χ1n) is 12.8. The lowest BCUT2D eigenvalue weighted by molar-refractivity contribution is -0.118. The third-order valence-corrected chi connectivity index (χ3v) is 8.82. The minimum absolute atomic E-state index is 0.120. The molecule has 2 saturated carbocycles. The molecule has 174 valence electrons. The number of carbonyl (C=O) groups excluding carboxylic acids is 1. The summed E-state index contributed by atoms with van der Waals surface area (Å²) in [5.41, 5.74) is 2.59. The van der Waals surface area contributed by atoms with E-state index < -0.39 is 0 Å². The van der Waals surface area contributed by atoms with Gasteiger partial charge < -0.3 is 5.11 Å². The number of hydrogen-bond acceptors (Lipinski definition) is 2. The fourth-order valence-electron chi connectivity index (χ4n) is 6.90. The first-order valence-corrected chi connectivity index (χ1v) is 12.8. The predicted molar refractivity (Wildman–Crippen MR) is 128 cm³/mol. The molecule has 1 N–H and O–H groups in total. The van der Waals surface area contributed by atoms with E-state index in [0.717, 1.165) is 50.5 Å². The predicted octanol–water partition coefficient (Wildman–Crippen LogP) is 7.13. The van der Waals surface area contributed by atoms with Gasteiger partial charge in [0.05, 0.1) is 6.10 Å². The first kappa shape index (κ1) is 23.4. The van der Waals surface area contributed by atoms with Crippen LogP contribution in [0.15, 0.2) is 42.0 Å². The summed E-state index contributed by atoms with van der Waals surface area (Å²) in [6.45, 7) is 4.74. The molecule has 0 spiro atoms. The fraction of sp³-hybridized carbons (Fsp3) is 0.621. The van der Waals surface area contributed by atoms with Crippen molar-refractivity contribution in [2.45, 2.75) is 84.2 Å². The van der Waals surface area contributed by atoms with E-state index in [9.17, 15) is 14.3 Å². The second-order valence-corrected chi connectivity index (χ2v) is 10.7. The minimum Gasteiger partial charge on any atom is -0.393 e. The Morgan fingerprint density at radius 3 is 2.75 bits per heavy atom. The Morgan fingerprint density at radius 1 is 1.22 bits per heavy atom. The molecule has 0 saturated heterocycles. The number of carbonyl (C=O) groups is 1. The summed E-state index contributed by atoms with van der Waals surface area (Å²) >= 11 is 0. The molecule has 1 aromatic rings. The first-order chi connectivity index (χ1) is 15.4. The highest BCUT2D eigenvalue weighted by molar-refractivity contribution is 5.95. The van der Waals surface area contributed by atoms with Crippen LogP contribution in [0.25, 0.3) is 6.08 Å². The summed E-state index contributed by atoms with van der Waals surface area (Å²) in [4.78, 5) is 12.9. The highest BCUT2D eigenvalue weighted by Gasteiger charge is 2.49. The number of aliphatic hydroxyl groups is 1. The molecule has 3 heteroatoms. The maximum absolute atomic E-state index is 13.1. The molecule has 3 aliphatic carbocycles. The number of rotatable bonds is 7. The Hall–Kier alpha value is -1.74. The van der Waals surface area contributed by atoms with Crippen molar-refractivity contribution in [3.63, 3.8) is 0 Å². The lowest BCUT2D eigenvalue weighted by atomic mass is 9.53. The zero-order chi connectivity index (χ0) is 22.7. The summed E-state index contributed by atoms with van der Waals surface area (Å²) in [6.07, 6.45) is 16.7. The molecule has 0 amide bonds. The second-order valence-electron chi connectivity index (χ2n) is 10.7. The van der Waals surface area contributed by atoms with Crippen LogP contribution in [0.5, 0.6) is 0 Å². The van der Waals surface area contributed by atoms with Crippen molar-refractivity contribution in [3.8, 4) is 0 Å². The molecule has 32 heavy (non-hydrogen) atoms. The van der Waals surface area contributed by atoms with E-state index in [0.29, 0.717) is 17.8 Å². The summed E-state index contributed by atoms with van der Waals surface area (Å²) in [5, 5.41) is 10.2. The van der Waals surface area contributed by atoms with E-state index in [-0.39, 0.29) is 29.0 Å². The van der Waals surface area contributed by atoms with Gasteiger partial charge in [-0.15, -0.1) is 0 Å². The Morgan fingerprint density at radius 2 is 2.00 bits per heavy atom. The minimum atomic E-state index is -0.254. The van der Waals surface area contributed by atoms with Crippen LogP contribution in [-0.2, 0) is 4.79 Å². The van der Waals surface area contributed by atoms with Gasteiger partial charge in [0.25, 0.3) is 0 Å². The summed E-state index contributed by atoms with van der Waals surface area (Å²) in [5.74, 6) is 2.03. The molecular weight excluding hydrogens is 399 g/mol. The summed E-state index contributed by atoms with van der Waals surface area (Å²) in [6, 6.07) is 6.29. The van der Waals surface area contributed by atoms with Gasteiger partial charge in [0.1, 0.15) is 5.82 Å². The monoisotopic (exact) mass is 438 g/mol. The quantitative estimate of drug-likeness (QED) is 0.363. The van der Waals surface area contributed by atoms with Gasteiger partial charge in [0, 0.05) is 5.92 Å². The standard InChI is InChI=1S/C29H39FO2/c1-3-4-5-27-26(14-11-23-19-25(31)16-17-29(23,27)2)21-9-10-22(18-21)28(32)15-8-20-6-12-24(30)13-7-20/h6-8,11-13,15,21-22,25-27,31H,3-5,9-10,14,16-19H2,1-2H3/b15-8+/t21-,22+,25+,26+,27+,29+/m1/s1. The molecule has 6 atom stereocenters. The van der Waals surface area contributed by atoms with Crippen LogP contribution in [0.3, 0.4) is 0 Å². The van der Waals surface area contributed by atoms with Gasteiger partial charge in [-0.3, -0.25) is 4.79 Å². The van der Waals surface area contributed by atoms with E-state index in [1.165, 1.54) is 37.0 Å². The van der Waals surface area contributed by atoms with Crippen molar-refractivity contribution in [2.75, 3.05) is 0 Å². The Bertz CT molecular complexity index is 854. The number of fused-ring (bicyclic) bond motifs is 1. The molecule has 0 bridgehead atoms. The smallest absolute Gasteiger partial charge is 0.158 e. The van der Waals surface area contributed by atoms with Gasteiger partial charge in [-0.2, -0.15) is 0 Å². The van der Waals surface area contributed by atoms with Gasteiger partial charge in [-0.25, -0.2) is 4.39 Å². The Balaban J connectivity index is 1.44. The average Bonchev–Trinajstić information content (AvgIpc) is 3.27. The molecule has 0 unspecified atom stereocenters. The topological polar surface area (TPSA) is 37.3 Å². The zero-order valence-electron chi connectivity index (χ0n) is 19.7. The van der Waals surface area contributed by atoms with E-state index in [4.69, 9.17) is 0 Å². The van der Waals surface area contributed by atoms with E-state index in [1.54, 1.807) is 18.2 Å². The molecule has 2 nitrogen and oxygen atoms in total. The largest absolute Gasteiger partial charge is 0.393 e. The number of hydrogen-bond donors (Lipinski definition) is 1. The van der Waals surface area contributed by atoms with Crippen LogP contribution in [-0.4, -0.2) is 17.0 Å². The highest BCUT2D eigenvalue weighted by Crippen LogP contribution is 2.57.